The topological polar surface area (TPSA) is 69.6 Å². The summed E-state index contributed by atoms with van der Waals surface area (Å²) in [6.07, 6.45) is 1.58. The first-order chi connectivity index (χ1) is 6.88. The maximum absolute atomic E-state index is 11.0. The van der Waals surface area contributed by atoms with Crippen molar-refractivity contribution in [2.45, 2.75) is 26.3 Å². The Morgan fingerprint density at radius 3 is 2.40 bits per heavy atom. The highest BCUT2D eigenvalue weighted by Crippen LogP contribution is 2.08. The Balaban J connectivity index is 4.41. The Bertz CT molecular complexity index is 251. The molecule has 0 heterocycles. The first-order valence-electron chi connectivity index (χ1n) is 4.77. The van der Waals surface area contributed by atoms with Crippen LogP contribution in [0.5, 0.6) is 0 Å². The predicted octanol–water partition coefficient (Wildman–Crippen LogP) is 0.635. The third-order valence-corrected chi connectivity index (χ3v) is 1.92. The van der Waals surface area contributed by atoms with Crippen LogP contribution in [0.15, 0.2) is 12.7 Å². The molecule has 0 spiro atoms. The number of carbonyl (C=O) groups is 2. The van der Waals surface area contributed by atoms with Crippen molar-refractivity contribution < 1.29 is 14.7 Å². The summed E-state index contributed by atoms with van der Waals surface area (Å²) in [5, 5.41) is 10.3. The van der Waals surface area contributed by atoms with Gasteiger partial charge in [-0.25, -0.2) is 5.01 Å². The first kappa shape index (κ1) is 13.6. The SMILES string of the molecule is C=CC(=O)NN(C)[C@@H](CC(C)C)C(=O)O. The molecule has 5 nitrogen and oxygen atoms in total. The third kappa shape index (κ3) is 5.17. The fraction of sp³-hybridized carbons (Fsp3) is 0.600. The zero-order valence-corrected chi connectivity index (χ0v) is 9.36. The van der Waals surface area contributed by atoms with E-state index in [1.54, 1.807) is 0 Å². The average molecular weight is 214 g/mol. The van der Waals surface area contributed by atoms with Crippen LogP contribution in [0, 0.1) is 5.92 Å². The smallest absolute Gasteiger partial charge is 0.322 e. The normalized spacial score (nSPS) is 12.6. The second-order valence-electron chi connectivity index (χ2n) is 3.77. The lowest BCUT2D eigenvalue weighted by Crippen LogP contribution is -2.49. The first-order valence-corrected chi connectivity index (χ1v) is 4.77. The molecule has 1 amide bonds. The molecule has 0 radical (unpaired) electrons. The number of hydrazine groups is 1. The molecule has 0 unspecified atom stereocenters. The Morgan fingerprint density at radius 1 is 1.53 bits per heavy atom. The number of carboxylic acids is 1. The Labute approximate surface area is 89.7 Å². The third-order valence-electron chi connectivity index (χ3n) is 1.92. The highest BCUT2D eigenvalue weighted by molar-refractivity contribution is 5.86. The lowest BCUT2D eigenvalue weighted by molar-refractivity contribution is -0.145. The van der Waals surface area contributed by atoms with Crippen LogP contribution in [-0.2, 0) is 9.59 Å². The Hall–Kier alpha value is -1.36. The predicted molar refractivity (Wildman–Crippen MR) is 57.0 cm³/mol. The molecular formula is C10H18N2O3. The molecule has 1 atom stereocenters. The Morgan fingerprint density at radius 2 is 2.07 bits per heavy atom. The molecule has 0 aromatic carbocycles. The highest BCUT2D eigenvalue weighted by atomic mass is 16.4. The van der Waals surface area contributed by atoms with Crippen molar-refractivity contribution in [3.8, 4) is 0 Å². The molecule has 0 saturated carbocycles. The fourth-order valence-corrected chi connectivity index (χ4v) is 1.17. The summed E-state index contributed by atoms with van der Waals surface area (Å²) < 4.78 is 0. The number of carbonyl (C=O) groups excluding carboxylic acids is 1. The standard InChI is InChI=1S/C10H18N2O3/c1-5-9(13)11-12(4)8(10(14)15)6-7(2)3/h5,7-8H,1,6H2,2-4H3,(H,11,13)(H,14,15)/t8-/m0/s1. The molecule has 86 valence electrons. The van der Waals surface area contributed by atoms with Gasteiger partial charge in [0.1, 0.15) is 6.04 Å². The maximum Gasteiger partial charge on any atom is 0.322 e. The molecule has 0 aliphatic carbocycles. The molecule has 0 aliphatic rings. The van der Waals surface area contributed by atoms with Gasteiger partial charge in [0.25, 0.3) is 5.91 Å². The number of carboxylic acid groups (broad SMARTS) is 1. The number of amides is 1. The molecule has 0 rings (SSSR count). The van der Waals surface area contributed by atoms with Crippen LogP contribution < -0.4 is 5.43 Å². The van der Waals surface area contributed by atoms with Gasteiger partial charge in [0.2, 0.25) is 0 Å². The lowest BCUT2D eigenvalue weighted by Gasteiger charge is -2.25. The molecular weight excluding hydrogens is 196 g/mol. The van der Waals surface area contributed by atoms with Crippen LogP contribution in [0.1, 0.15) is 20.3 Å². The largest absolute Gasteiger partial charge is 0.480 e. The summed E-state index contributed by atoms with van der Waals surface area (Å²) >= 11 is 0. The number of nitrogens with zero attached hydrogens (tertiary/aromatic N) is 1. The molecule has 0 aromatic rings. The minimum atomic E-state index is -0.949. The second-order valence-corrected chi connectivity index (χ2v) is 3.77. The fourth-order valence-electron chi connectivity index (χ4n) is 1.17. The van der Waals surface area contributed by atoms with E-state index in [2.05, 4.69) is 12.0 Å². The van der Waals surface area contributed by atoms with Gasteiger partial charge in [0, 0.05) is 7.05 Å². The van der Waals surface area contributed by atoms with Crippen molar-refractivity contribution in [2.24, 2.45) is 5.92 Å². The zero-order chi connectivity index (χ0) is 12.0. The molecule has 0 aliphatic heterocycles. The van der Waals surface area contributed by atoms with Crippen LogP contribution in [0.4, 0.5) is 0 Å². The van der Waals surface area contributed by atoms with Crippen LogP contribution >= 0.6 is 0 Å². The van der Waals surface area contributed by atoms with E-state index in [4.69, 9.17) is 5.11 Å². The minimum absolute atomic E-state index is 0.245. The summed E-state index contributed by atoms with van der Waals surface area (Å²) in [4.78, 5) is 21.9. The van der Waals surface area contributed by atoms with Gasteiger partial charge in [-0.05, 0) is 18.4 Å². The van der Waals surface area contributed by atoms with Crippen molar-refractivity contribution in [2.75, 3.05) is 7.05 Å². The quantitative estimate of drug-likeness (QED) is 0.502. The van der Waals surface area contributed by atoms with E-state index >= 15 is 0 Å². The molecule has 5 heteroatoms. The van der Waals surface area contributed by atoms with Gasteiger partial charge in [0.15, 0.2) is 0 Å². The number of aliphatic carboxylic acids is 1. The summed E-state index contributed by atoms with van der Waals surface area (Å²) in [7, 11) is 1.53. The molecule has 0 bridgehead atoms. The molecule has 0 fully saturated rings. The summed E-state index contributed by atoms with van der Waals surface area (Å²) in [5.74, 6) is -1.11. The molecule has 2 N–H and O–H groups in total. The van der Waals surface area contributed by atoms with Crippen molar-refractivity contribution >= 4 is 11.9 Å². The van der Waals surface area contributed by atoms with Gasteiger partial charge in [-0.3, -0.25) is 15.0 Å². The van der Waals surface area contributed by atoms with Crippen molar-refractivity contribution in [1.82, 2.24) is 10.4 Å². The second kappa shape index (κ2) is 6.19. The van der Waals surface area contributed by atoms with Crippen LogP contribution in [-0.4, -0.2) is 35.1 Å². The number of likely N-dealkylation sites (N-methyl/N-ethyl adjacent to an activating group) is 1. The number of nitrogens with one attached hydrogen (secondary N) is 1. The van der Waals surface area contributed by atoms with E-state index < -0.39 is 17.9 Å². The lowest BCUT2D eigenvalue weighted by atomic mass is 10.0. The highest BCUT2D eigenvalue weighted by Gasteiger charge is 2.24. The zero-order valence-electron chi connectivity index (χ0n) is 9.36. The number of hydrogen-bond acceptors (Lipinski definition) is 3. The van der Waals surface area contributed by atoms with Crippen LogP contribution in [0.3, 0.4) is 0 Å². The van der Waals surface area contributed by atoms with E-state index in [9.17, 15) is 9.59 Å². The minimum Gasteiger partial charge on any atom is -0.480 e. The van der Waals surface area contributed by atoms with E-state index in [0.29, 0.717) is 6.42 Å². The molecule has 15 heavy (non-hydrogen) atoms. The Kier molecular flexibility index (Phi) is 5.62. The summed E-state index contributed by atoms with van der Waals surface area (Å²) in [6, 6.07) is -0.714. The molecule has 0 saturated heterocycles. The van der Waals surface area contributed by atoms with Gasteiger partial charge in [0.05, 0.1) is 0 Å². The van der Waals surface area contributed by atoms with E-state index in [1.165, 1.54) is 12.1 Å². The van der Waals surface area contributed by atoms with Gasteiger partial charge in [-0.2, -0.15) is 0 Å². The van der Waals surface area contributed by atoms with Gasteiger partial charge in [-0.1, -0.05) is 20.4 Å². The van der Waals surface area contributed by atoms with Gasteiger partial charge in [-0.15, -0.1) is 0 Å². The van der Waals surface area contributed by atoms with E-state index in [-0.39, 0.29) is 5.92 Å². The number of rotatable bonds is 6. The van der Waals surface area contributed by atoms with Crippen molar-refractivity contribution in [3.05, 3.63) is 12.7 Å². The molecule has 0 aromatic heterocycles. The van der Waals surface area contributed by atoms with Crippen molar-refractivity contribution in [1.29, 1.82) is 0 Å². The van der Waals surface area contributed by atoms with Gasteiger partial charge < -0.3 is 5.11 Å². The van der Waals surface area contributed by atoms with Crippen LogP contribution in [0.25, 0.3) is 0 Å². The maximum atomic E-state index is 11.0. The van der Waals surface area contributed by atoms with E-state index in [1.807, 2.05) is 13.8 Å². The van der Waals surface area contributed by atoms with Crippen LogP contribution in [0.2, 0.25) is 0 Å². The van der Waals surface area contributed by atoms with Gasteiger partial charge >= 0.3 is 5.97 Å². The average Bonchev–Trinajstić information content (AvgIpc) is 2.12. The number of hydrogen-bond donors (Lipinski definition) is 2. The van der Waals surface area contributed by atoms with E-state index in [0.717, 1.165) is 6.08 Å². The van der Waals surface area contributed by atoms with Crippen molar-refractivity contribution in [3.63, 3.8) is 0 Å². The summed E-state index contributed by atoms with van der Waals surface area (Å²) in [6.45, 7) is 7.15. The summed E-state index contributed by atoms with van der Waals surface area (Å²) in [5.41, 5.74) is 2.41. The monoisotopic (exact) mass is 214 g/mol.